The van der Waals surface area contributed by atoms with E-state index in [2.05, 4.69) is 16.9 Å². The van der Waals surface area contributed by atoms with Gasteiger partial charge in [0.1, 0.15) is 0 Å². The summed E-state index contributed by atoms with van der Waals surface area (Å²) >= 11 is 0. The maximum atomic E-state index is 12.5. The summed E-state index contributed by atoms with van der Waals surface area (Å²) in [4.78, 5) is 14.6. The Morgan fingerprint density at radius 2 is 2.09 bits per heavy atom. The van der Waals surface area contributed by atoms with Gasteiger partial charge in [0.15, 0.2) is 0 Å². The molecule has 1 atom stereocenters. The monoisotopic (exact) mass is 311 g/mol. The molecule has 23 heavy (non-hydrogen) atoms. The average Bonchev–Trinajstić information content (AvgIpc) is 3.09. The third-order valence-corrected chi connectivity index (χ3v) is 4.70. The lowest BCUT2D eigenvalue weighted by atomic mass is 9.99. The van der Waals surface area contributed by atoms with Gasteiger partial charge in [0.05, 0.1) is 11.9 Å². The van der Waals surface area contributed by atoms with E-state index in [4.69, 9.17) is 0 Å². The Balaban J connectivity index is 1.58. The molecule has 4 nitrogen and oxygen atoms in total. The number of para-hydroxylation sites is 1. The third-order valence-electron chi connectivity index (χ3n) is 4.70. The van der Waals surface area contributed by atoms with E-state index in [0.717, 1.165) is 43.5 Å². The number of hydrogen-bond donors (Lipinski definition) is 0. The summed E-state index contributed by atoms with van der Waals surface area (Å²) in [5.41, 5.74) is 2.17. The zero-order chi connectivity index (χ0) is 16.1. The van der Waals surface area contributed by atoms with Crippen LogP contribution in [0.15, 0.2) is 42.7 Å². The molecule has 2 heterocycles. The molecule has 1 aliphatic rings. The van der Waals surface area contributed by atoms with Gasteiger partial charge < -0.3 is 4.90 Å². The molecule has 4 heteroatoms. The molecule has 122 valence electrons. The number of rotatable bonds is 5. The van der Waals surface area contributed by atoms with Crippen LogP contribution in [0.25, 0.3) is 5.69 Å². The minimum Gasteiger partial charge on any atom is -0.340 e. The number of nitrogens with zero attached hydrogens (tertiary/aromatic N) is 3. The smallest absolute Gasteiger partial charge is 0.223 e. The Bertz CT molecular complexity index is 635. The molecule has 0 saturated carbocycles. The van der Waals surface area contributed by atoms with E-state index in [9.17, 15) is 4.79 Å². The molecule has 1 amide bonds. The number of amides is 1. The van der Waals surface area contributed by atoms with Crippen LogP contribution in [0.2, 0.25) is 0 Å². The zero-order valence-corrected chi connectivity index (χ0v) is 13.8. The molecule has 1 aromatic heterocycles. The van der Waals surface area contributed by atoms with Crippen molar-refractivity contribution in [2.45, 2.75) is 51.5 Å². The van der Waals surface area contributed by atoms with E-state index in [1.807, 2.05) is 47.4 Å². The van der Waals surface area contributed by atoms with Crippen molar-refractivity contribution in [1.29, 1.82) is 0 Å². The SMILES string of the molecule is CCC1CCCCN1C(=O)CCc1cnn(-c2ccccc2)c1. The van der Waals surface area contributed by atoms with Gasteiger partial charge in [-0.25, -0.2) is 4.68 Å². The van der Waals surface area contributed by atoms with Gasteiger partial charge in [-0.1, -0.05) is 25.1 Å². The molecule has 0 bridgehead atoms. The highest BCUT2D eigenvalue weighted by molar-refractivity contribution is 5.76. The Hall–Kier alpha value is -2.10. The predicted molar refractivity (Wildman–Crippen MR) is 91.5 cm³/mol. The van der Waals surface area contributed by atoms with Gasteiger partial charge in [0, 0.05) is 25.2 Å². The van der Waals surface area contributed by atoms with E-state index in [1.165, 1.54) is 6.42 Å². The van der Waals surface area contributed by atoms with E-state index >= 15 is 0 Å². The number of likely N-dealkylation sites (tertiary alicyclic amines) is 1. The van der Waals surface area contributed by atoms with Crippen LogP contribution in [0.1, 0.15) is 44.6 Å². The number of carbonyl (C=O) groups excluding carboxylic acids is 1. The number of benzene rings is 1. The van der Waals surface area contributed by atoms with Crippen LogP contribution in [0.5, 0.6) is 0 Å². The lowest BCUT2D eigenvalue weighted by Gasteiger charge is -2.35. The van der Waals surface area contributed by atoms with Gasteiger partial charge in [0.2, 0.25) is 5.91 Å². The van der Waals surface area contributed by atoms with Crippen LogP contribution in [-0.4, -0.2) is 33.2 Å². The van der Waals surface area contributed by atoms with Crippen molar-refractivity contribution in [3.63, 3.8) is 0 Å². The summed E-state index contributed by atoms with van der Waals surface area (Å²) in [6.07, 6.45) is 9.87. The van der Waals surface area contributed by atoms with Crippen LogP contribution in [-0.2, 0) is 11.2 Å². The lowest BCUT2D eigenvalue weighted by molar-refractivity contribution is -0.134. The number of piperidine rings is 1. The second kappa shape index (κ2) is 7.44. The maximum absolute atomic E-state index is 12.5. The maximum Gasteiger partial charge on any atom is 0.223 e. The first-order chi connectivity index (χ1) is 11.3. The number of hydrogen-bond acceptors (Lipinski definition) is 2. The highest BCUT2D eigenvalue weighted by Crippen LogP contribution is 2.21. The molecular formula is C19H25N3O. The average molecular weight is 311 g/mol. The van der Waals surface area contributed by atoms with Gasteiger partial charge >= 0.3 is 0 Å². The summed E-state index contributed by atoms with van der Waals surface area (Å²) in [5.74, 6) is 0.295. The topological polar surface area (TPSA) is 38.1 Å². The first-order valence-electron chi connectivity index (χ1n) is 8.66. The van der Waals surface area contributed by atoms with Crippen LogP contribution < -0.4 is 0 Å². The van der Waals surface area contributed by atoms with Crippen molar-refractivity contribution >= 4 is 5.91 Å². The van der Waals surface area contributed by atoms with Gasteiger partial charge in [-0.15, -0.1) is 0 Å². The highest BCUT2D eigenvalue weighted by atomic mass is 16.2. The molecule has 0 N–H and O–H groups in total. The third kappa shape index (κ3) is 3.81. The lowest BCUT2D eigenvalue weighted by Crippen LogP contribution is -2.43. The summed E-state index contributed by atoms with van der Waals surface area (Å²) in [6.45, 7) is 3.11. The number of carbonyl (C=O) groups is 1. The van der Waals surface area contributed by atoms with Crippen molar-refractivity contribution in [3.05, 3.63) is 48.3 Å². The minimum atomic E-state index is 0.295. The van der Waals surface area contributed by atoms with Crippen LogP contribution in [0, 0.1) is 0 Å². The molecule has 0 radical (unpaired) electrons. The van der Waals surface area contributed by atoms with E-state index in [-0.39, 0.29) is 0 Å². The van der Waals surface area contributed by atoms with E-state index in [1.54, 1.807) is 0 Å². The second-order valence-corrected chi connectivity index (χ2v) is 6.27. The Labute approximate surface area is 138 Å². The number of aryl methyl sites for hydroxylation is 1. The van der Waals surface area contributed by atoms with Gasteiger partial charge in [-0.3, -0.25) is 4.79 Å². The summed E-state index contributed by atoms with van der Waals surface area (Å²) < 4.78 is 1.87. The first kappa shape index (κ1) is 15.8. The quantitative estimate of drug-likeness (QED) is 0.846. The van der Waals surface area contributed by atoms with Crippen molar-refractivity contribution in [3.8, 4) is 5.69 Å². The minimum absolute atomic E-state index is 0.295. The van der Waals surface area contributed by atoms with E-state index < -0.39 is 0 Å². The normalized spacial score (nSPS) is 18.1. The van der Waals surface area contributed by atoms with Crippen molar-refractivity contribution in [2.24, 2.45) is 0 Å². The first-order valence-corrected chi connectivity index (χ1v) is 8.66. The molecule has 1 aromatic carbocycles. The molecule has 0 aliphatic carbocycles. The molecule has 2 aromatic rings. The summed E-state index contributed by atoms with van der Waals surface area (Å²) in [6, 6.07) is 10.5. The zero-order valence-electron chi connectivity index (χ0n) is 13.8. The Morgan fingerprint density at radius 1 is 1.26 bits per heavy atom. The van der Waals surface area contributed by atoms with Crippen LogP contribution >= 0.6 is 0 Å². The molecule has 0 spiro atoms. The van der Waals surface area contributed by atoms with Crippen LogP contribution in [0.4, 0.5) is 0 Å². The fourth-order valence-corrected chi connectivity index (χ4v) is 3.36. The molecule has 1 unspecified atom stereocenters. The number of aromatic nitrogens is 2. The Kier molecular flexibility index (Phi) is 5.11. The van der Waals surface area contributed by atoms with Gasteiger partial charge in [-0.05, 0) is 49.8 Å². The van der Waals surface area contributed by atoms with E-state index in [0.29, 0.717) is 18.4 Å². The molecular weight excluding hydrogens is 286 g/mol. The predicted octanol–water partition coefficient (Wildman–Crippen LogP) is 3.60. The molecule has 1 aliphatic heterocycles. The summed E-state index contributed by atoms with van der Waals surface area (Å²) in [5, 5.41) is 4.40. The largest absolute Gasteiger partial charge is 0.340 e. The van der Waals surface area contributed by atoms with Crippen LogP contribution in [0.3, 0.4) is 0 Å². The fourth-order valence-electron chi connectivity index (χ4n) is 3.36. The summed E-state index contributed by atoms with van der Waals surface area (Å²) in [7, 11) is 0. The van der Waals surface area contributed by atoms with Crippen molar-refractivity contribution in [1.82, 2.24) is 14.7 Å². The van der Waals surface area contributed by atoms with Gasteiger partial charge in [-0.2, -0.15) is 5.10 Å². The highest BCUT2D eigenvalue weighted by Gasteiger charge is 2.24. The van der Waals surface area contributed by atoms with Crippen molar-refractivity contribution < 1.29 is 4.79 Å². The second-order valence-electron chi connectivity index (χ2n) is 6.27. The Morgan fingerprint density at radius 3 is 2.87 bits per heavy atom. The molecule has 1 saturated heterocycles. The standard InChI is InChI=1S/C19H25N3O/c1-2-17-8-6-7-13-21(17)19(23)12-11-16-14-20-22(15-16)18-9-4-3-5-10-18/h3-5,9-10,14-15,17H,2,6-8,11-13H2,1H3. The molecule has 1 fully saturated rings. The fraction of sp³-hybridized carbons (Fsp3) is 0.474. The van der Waals surface area contributed by atoms with Crippen molar-refractivity contribution in [2.75, 3.05) is 6.54 Å². The molecule has 3 rings (SSSR count). The van der Waals surface area contributed by atoms with Gasteiger partial charge in [0.25, 0.3) is 0 Å².